The molecule has 46 heavy (non-hydrogen) atoms. The zero-order chi connectivity index (χ0) is 32.2. The third-order valence-corrected chi connectivity index (χ3v) is 10.1. The van der Waals surface area contributed by atoms with Crippen molar-refractivity contribution in [3.8, 4) is 5.75 Å². The molecule has 4 aromatic carbocycles. The molecule has 0 saturated carbocycles. The number of amides is 1. The van der Waals surface area contributed by atoms with E-state index in [9.17, 15) is 14.7 Å². The van der Waals surface area contributed by atoms with Crippen LogP contribution >= 0.6 is 23.1 Å². The summed E-state index contributed by atoms with van der Waals surface area (Å²) in [5.41, 5.74) is 5.58. The first-order valence-electron chi connectivity index (χ1n) is 15.0. The number of aryl methyl sites for hydroxylation is 1. The van der Waals surface area contributed by atoms with Crippen molar-refractivity contribution < 1.29 is 19.4 Å². The SMILES string of the molecule is Cc1ccccc1COc1ccc(C(O)=C2C(=O)C(=O)N(c3nnc(SCc4ccccc4)s3)C2c2ccc(C(C)C)cc2)cc1. The summed E-state index contributed by atoms with van der Waals surface area (Å²) in [6.45, 7) is 6.65. The van der Waals surface area contributed by atoms with Crippen molar-refractivity contribution in [1.29, 1.82) is 0 Å². The fourth-order valence-corrected chi connectivity index (χ4v) is 7.11. The molecule has 6 rings (SSSR count). The number of ketones is 1. The smallest absolute Gasteiger partial charge is 0.301 e. The van der Waals surface area contributed by atoms with Crippen LogP contribution < -0.4 is 9.64 Å². The zero-order valence-electron chi connectivity index (χ0n) is 25.7. The highest BCUT2D eigenvalue weighted by Gasteiger charge is 2.48. The van der Waals surface area contributed by atoms with Gasteiger partial charge in [-0.15, -0.1) is 10.2 Å². The van der Waals surface area contributed by atoms with E-state index in [1.54, 1.807) is 24.3 Å². The number of hydrogen-bond acceptors (Lipinski definition) is 8. The average molecular weight is 648 g/mol. The lowest BCUT2D eigenvalue weighted by Gasteiger charge is -2.23. The van der Waals surface area contributed by atoms with Gasteiger partial charge < -0.3 is 9.84 Å². The topological polar surface area (TPSA) is 92.6 Å². The monoisotopic (exact) mass is 647 g/mol. The highest BCUT2D eigenvalue weighted by molar-refractivity contribution is 8.00. The molecule has 1 aromatic heterocycles. The van der Waals surface area contributed by atoms with E-state index in [2.05, 4.69) is 24.0 Å². The fourth-order valence-electron chi connectivity index (χ4n) is 5.28. The van der Waals surface area contributed by atoms with Crippen molar-refractivity contribution in [3.63, 3.8) is 0 Å². The van der Waals surface area contributed by atoms with Gasteiger partial charge in [0.15, 0.2) is 4.34 Å². The van der Waals surface area contributed by atoms with Crippen LogP contribution in [0.3, 0.4) is 0 Å². The first kappa shape index (κ1) is 31.3. The summed E-state index contributed by atoms with van der Waals surface area (Å²) >= 11 is 2.77. The molecule has 2 heterocycles. The summed E-state index contributed by atoms with van der Waals surface area (Å²) in [5, 5.41) is 20.5. The molecule has 7 nitrogen and oxygen atoms in total. The molecular formula is C37H33N3O4S2. The standard InChI is InChI=1S/C37H33N3O4S2/c1-23(2)26-13-15-27(16-14-26)32-31(33(41)28-17-19-30(20-18-28)44-21-29-12-8-7-9-24(29)3)34(42)35(43)40(32)36-38-39-37(46-36)45-22-25-10-5-4-6-11-25/h4-20,23,32,41H,21-22H2,1-3H3. The largest absolute Gasteiger partial charge is 0.507 e. The van der Waals surface area contributed by atoms with Crippen molar-refractivity contribution in [2.45, 2.75) is 49.4 Å². The maximum Gasteiger partial charge on any atom is 0.301 e. The minimum Gasteiger partial charge on any atom is -0.507 e. The van der Waals surface area contributed by atoms with Crippen molar-refractivity contribution >= 4 is 45.7 Å². The number of nitrogens with zero attached hydrogens (tertiary/aromatic N) is 3. The second-order valence-electron chi connectivity index (χ2n) is 11.4. The fraction of sp³-hybridized carbons (Fsp3) is 0.189. The number of thioether (sulfide) groups is 1. The lowest BCUT2D eigenvalue weighted by molar-refractivity contribution is -0.132. The van der Waals surface area contributed by atoms with Crippen LogP contribution in [0.2, 0.25) is 0 Å². The molecule has 5 aromatic rings. The Labute approximate surface area is 276 Å². The van der Waals surface area contributed by atoms with Gasteiger partial charge in [0.05, 0.1) is 11.6 Å². The molecule has 1 saturated heterocycles. The second kappa shape index (κ2) is 13.7. The van der Waals surface area contributed by atoms with Gasteiger partial charge in [-0.05, 0) is 64.9 Å². The number of hydrogen-bond donors (Lipinski definition) is 1. The zero-order valence-corrected chi connectivity index (χ0v) is 27.3. The van der Waals surface area contributed by atoms with Gasteiger partial charge in [0, 0.05) is 11.3 Å². The number of aromatic nitrogens is 2. The molecule has 1 unspecified atom stereocenters. The molecule has 0 radical (unpaired) electrons. The van der Waals surface area contributed by atoms with E-state index in [0.29, 0.717) is 44.6 Å². The first-order valence-corrected chi connectivity index (χ1v) is 16.8. The number of carbonyl (C=O) groups is 2. The Hall–Kier alpha value is -4.73. The van der Waals surface area contributed by atoms with Gasteiger partial charge in [0.25, 0.3) is 5.78 Å². The van der Waals surface area contributed by atoms with Gasteiger partial charge in [-0.3, -0.25) is 14.5 Å². The molecule has 0 aliphatic carbocycles. The van der Waals surface area contributed by atoms with Gasteiger partial charge in [0.2, 0.25) is 5.13 Å². The van der Waals surface area contributed by atoms with Crippen molar-refractivity contribution in [2.75, 3.05) is 4.90 Å². The molecule has 1 aliphatic heterocycles. The summed E-state index contributed by atoms with van der Waals surface area (Å²) in [4.78, 5) is 28.7. The van der Waals surface area contributed by atoms with E-state index < -0.39 is 17.7 Å². The van der Waals surface area contributed by atoms with E-state index in [4.69, 9.17) is 4.74 Å². The molecule has 1 amide bonds. The Morgan fingerprint density at radius 3 is 2.30 bits per heavy atom. The number of aliphatic hydroxyl groups excluding tert-OH is 1. The van der Waals surface area contributed by atoms with Crippen LogP contribution in [0.15, 0.2) is 113 Å². The van der Waals surface area contributed by atoms with E-state index >= 15 is 0 Å². The van der Waals surface area contributed by atoms with Crippen molar-refractivity contribution in [3.05, 3.63) is 142 Å². The summed E-state index contributed by atoms with van der Waals surface area (Å²) < 4.78 is 6.65. The van der Waals surface area contributed by atoms with Crippen LogP contribution in [-0.2, 0) is 21.9 Å². The number of anilines is 1. The molecule has 1 atom stereocenters. The second-order valence-corrected chi connectivity index (χ2v) is 13.5. The highest BCUT2D eigenvalue weighted by Crippen LogP contribution is 2.44. The van der Waals surface area contributed by atoms with Crippen LogP contribution in [0.25, 0.3) is 5.76 Å². The summed E-state index contributed by atoms with van der Waals surface area (Å²) in [7, 11) is 0. The van der Waals surface area contributed by atoms with E-state index in [-0.39, 0.29) is 11.3 Å². The van der Waals surface area contributed by atoms with Gasteiger partial charge in [-0.1, -0.05) is 116 Å². The van der Waals surface area contributed by atoms with Gasteiger partial charge in [0.1, 0.15) is 18.1 Å². The molecule has 232 valence electrons. The molecule has 1 fully saturated rings. The molecular weight excluding hydrogens is 615 g/mol. The van der Waals surface area contributed by atoms with Crippen molar-refractivity contribution in [1.82, 2.24) is 10.2 Å². The van der Waals surface area contributed by atoms with Crippen LogP contribution in [-0.4, -0.2) is 27.0 Å². The number of benzene rings is 4. The number of ether oxygens (including phenoxy) is 1. The minimum atomic E-state index is -0.877. The third kappa shape index (κ3) is 6.61. The number of rotatable bonds is 10. The Kier molecular flexibility index (Phi) is 9.33. The Morgan fingerprint density at radius 2 is 1.61 bits per heavy atom. The Bertz CT molecular complexity index is 1880. The summed E-state index contributed by atoms with van der Waals surface area (Å²) in [5.74, 6) is -0.168. The number of Topliss-reactive ketones (excluding diaryl/α,β-unsaturated/α-hetero) is 1. The Balaban J connectivity index is 1.32. The van der Waals surface area contributed by atoms with E-state index in [1.807, 2.05) is 85.8 Å². The summed E-state index contributed by atoms with van der Waals surface area (Å²) in [6.07, 6.45) is 0. The van der Waals surface area contributed by atoms with Gasteiger partial charge in [-0.2, -0.15) is 0 Å². The lowest BCUT2D eigenvalue weighted by atomic mass is 9.93. The average Bonchev–Trinajstić information content (AvgIpc) is 3.65. The summed E-state index contributed by atoms with van der Waals surface area (Å²) in [6, 6.07) is 31.8. The molecule has 0 spiro atoms. The quantitative estimate of drug-likeness (QED) is 0.0534. The molecule has 1 aliphatic rings. The van der Waals surface area contributed by atoms with Crippen LogP contribution in [0, 0.1) is 6.92 Å². The minimum absolute atomic E-state index is 0.00423. The predicted octanol–water partition coefficient (Wildman–Crippen LogP) is 8.47. The molecule has 9 heteroatoms. The van der Waals surface area contributed by atoms with Crippen LogP contribution in [0.5, 0.6) is 5.75 Å². The third-order valence-electron chi connectivity index (χ3n) is 7.95. The molecule has 1 N–H and O–H groups in total. The van der Waals surface area contributed by atoms with Gasteiger partial charge in [-0.25, -0.2) is 0 Å². The lowest BCUT2D eigenvalue weighted by Crippen LogP contribution is -2.29. The Morgan fingerprint density at radius 1 is 0.913 bits per heavy atom. The molecule has 0 bridgehead atoms. The van der Waals surface area contributed by atoms with Crippen molar-refractivity contribution in [2.24, 2.45) is 0 Å². The van der Waals surface area contributed by atoms with Gasteiger partial charge >= 0.3 is 5.91 Å². The highest BCUT2D eigenvalue weighted by atomic mass is 32.2. The maximum atomic E-state index is 13.7. The first-order chi connectivity index (χ1) is 22.3. The maximum absolute atomic E-state index is 13.7. The van der Waals surface area contributed by atoms with E-state index in [0.717, 1.165) is 22.3 Å². The predicted molar refractivity (Wildman–Crippen MR) is 183 cm³/mol. The normalized spacial score (nSPS) is 15.9. The van der Waals surface area contributed by atoms with E-state index in [1.165, 1.54) is 28.0 Å². The number of aliphatic hydroxyl groups is 1. The van der Waals surface area contributed by atoms with Crippen LogP contribution in [0.4, 0.5) is 5.13 Å². The number of carbonyl (C=O) groups excluding carboxylic acids is 2. The van der Waals surface area contributed by atoms with Crippen LogP contribution in [0.1, 0.15) is 59.2 Å².